The summed E-state index contributed by atoms with van der Waals surface area (Å²) in [6.45, 7) is 4.20. The van der Waals surface area contributed by atoms with Crippen molar-refractivity contribution >= 4 is 11.4 Å². The first-order chi connectivity index (χ1) is 8.12. The standard InChI is InChI=1S/C13H21FN2O/c1-4-6-9(5-2)16-12-8-13(17-3)11(15)7-10(12)14/h7-9,16H,4-6,15H2,1-3H3. The monoisotopic (exact) mass is 240 g/mol. The van der Waals surface area contributed by atoms with Crippen LogP contribution in [-0.4, -0.2) is 13.2 Å². The summed E-state index contributed by atoms with van der Waals surface area (Å²) in [6, 6.07) is 3.19. The van der Waals surface area contributed by atoms with Crippen molar-refractivity contribution in [1.82, 2.24) is 0 Å². The van der Waals surface area contributed by atoms with Gasteiger partial charge in [-0.1, -0.05) is 20.3 Å². The largest absolute Gasteiger partial charge is 0.495 e. The summed E-state index contributed by atoms with van der Waals surface area (Å²) in [4.78, 5) is 0. The number of methoxy groups -OCH3 is 1. The molecule has 0 saturated heterocycles. The Kier molecular flexibility index (Phi) is 5.07. The third-order valence-corrected chi connectivity index (χ3v) is 2.81. The highest BCUT2D eigenvalue weighted by Gasteiger charge is 2.11. The number of benzene rings is 1. The molecule has 0 aromatic heterocycles. The van der Waals surface area contributed by atoms with Crippen LogP contribution in [0.3, 0.4) is 0 Å². The maximum Gasteiger partial charge on any atom is 0.148 e. The number of anilines is 2. The highest BCUT2D eigenvalue weighted by molar-refractivity contribution is 5.62. The van der Waals surface area contributed by atoms with E-state index >= 15 is 0 Å². The maximum absolute atomic E-state index is 13.7. The molecular weight excluding hydrogens is 219 g/mol. The highest BCUT2D eigenvalue weighted by Crippen LogP contribution is 2.29. The van der Waals surface area contributed by atoms with Gasteiger partial charge in [-0.3, -0.25) is 0 Å². The van der Waals surface area contributed by atoms with Gasteiger partial charge >= 0.3 is 0 Å². The first-order valence-corrected chi connectivity index (χ1v) is 6.01. The number of nitrogens with two attached hydrogens (primary N) is 1. The van der Waals surface area contributed by atoms with E-state index in [0.29, 0.717) is 17.1 Å². The Balaban J connectivity index is 2.89. The molecule has 0 radical (unpaired) electrons. The van der Waals surface area contributed by atoms with Gasteiger partial charge in [0.2, 0.25) is 0 Å². The summed E-state index contributed by atoms with van der Waals surface area (Å²) < 4.78 is 18.8. The van der Waals surface area contributed by atoms with Gasteiger partial charge in [-0.25, -0.2) is 4.39 Å². The van der Waals surface area contributed by atoms with Crippen LogP contribution in [0.2, 0.25) is 0 Å². The molecule has 0 spiro atoms. The molecule has 0 heterocycles. The molecule has 0 bridgehead atoms. The van der Waals surface area contributed by atoms with Crippen molar-refractivity contribution in [1.29, 1.82) is 0 Å². The molecule has 1 rings (SSSR count). The molecule has 1 atom stereocenters. The lowest BCUT2D eigenvalue weighted by molar-refractivity contribution is 0.416. The number of nitrogen functional groups attached to an aromatic ring is 1. The van der Waals surface area contributed by atoms with E-state index in [2.05, 4.69) is 19.2 Å². The van der Waals surface area contributed by atoms with Gasteiger partial charge in [0.05, 0.1) is 18.5 Å². The molecule has 0 amide bonds. The Morgan fingerprint density at radius 2 is 2.12 bits per heavy atom. The minimum atomic E-state index is -0.335. The second-order valence-electron chi connectivity index (χ2n) is 4.11. The molecule has 3 N–H and O–H groups in total. The Labute approximate surface area is 102 Å². The van der Waals surface area contributed by atoms with Gasteiger partial charge in [-0.05, 0) is 12.8 Å². The van der Waals surface area contributed by atoms with Crippen LogP contribution < -0.4 is 15.8 Å². The number of hydrogen-bond acceptors (Lipinski definition) is 3. The summed E-state index contributed by atoms with van der Waals surface area (Å²) >= 11 is 0. The molecule has 0 aliphatic rings. The van der Waals surface area contributed by atoms with E-state index in [1.54, 1.807) is 6.07 Å². The Morgan fingerprint density at radius 1 is 1.41 bits per heavy atom. The molecule has 96 valence electrons. The van der Waals surface area contributed by atoms with Crippen molar-refractivity contribution in [3.63, 3.8) is 0 Å². The quantitative estimate of drug-likeness (QED) is 0.749. The zero-order valence-electron chi connectivity index (χ0n) is 10.7. The molecule has 4 heteroatoms. The van der Waals surface area contributed by atoms with Gasteiger partial charge in [0.15, 0.2) is 0 Å². The average Bonchev–Trinajstić information content (AvgIpc) is 2.31. The predicted molar refractivity (Wildman–Crippen MR) is 70.0 cm³/mol. The molecule has 1 aromatic rings. The molecule has 0 saturated carbocycles. The van der Waals surface area contributed by atoms with E-state index in [4.69, 9.17) is 10.5 Å². The second kappa shape index (κ2) is 6.33. The Hall–Kier alpha value is -1.45. The second-order valence-corrected chi connectivity index (χ2v) is 4.11. The van der Waals surface area contributed by atoms with Crippen LogP contribution in [-0.2, 0) is 0 Å². The van der Waals surface area contributed by atoms with Gasteiger partial charge < -0.3 is 15.8 Å². The summed E-state index contributed by atoms with van der Waals surface area (Å²) in [6.07, 6.45) is 3.04. The molecule has 0 aliphatic carbocycles. The summed E-state index contributed by atoms with van der Waals surface area (Å²) in [5.41, 5.74) is 6.40. The normalized spacial score (nSPS) is 12.2. The zero-order chi connectivity index (χ0) is 12.8. The number of hydrogen-bond donors (Lipinski definition) is 2. The van der Waals surface area contributed by atoms with E-state index in [9.17, 15) is 4.39 Å². The van der Waals surface area contributed by atoms with E-state index in [1.165, 1.54) is 13.2 Å². The third kappa shape index (κ3) is 3.51. The number of rotatable bonds is 6. The minimum Gasteiger partial charge on any atom is -0.495 e. The lowest BCUT2D eigenvalue weighted by Gasteiger charge is -2.19. The lowest BCUT2D eigenvalue weighted by Crippen LogP contribution is -2.19. The van der Waals surface area contributed by atoms with Crippen molar-refractivity contribution in [2.75, 3.05) is 18.2 Å². The maximum atomic E-state index is 13.7. The van der Waals surface area contributed by atoms with Gasteiger partial charge in [-0.2, -0.15) is 0 Å². The summed E-state index contributed by atoms with van der Waals surface area (Å²) in [5.74, 6) is 0.165. The van der Waals surface area contributed by atoms with Gasteiger partial charge in [0, 0.05) is 18.2 Å². The molecule has 1 aromatic carbocycles. The van der Waals surface area contributed by atoms with Gasteiger partial charge in [-0.15, -0.1) is 0 Å². The average molecular weight is 240 g/mol. The molecule has 1 unspecified atom stereocenters. The van der Waals surface area contributed by atoms with Crippen LogP contribution in [0.5, 0.6) is 5.75 Å². The van der Waals surface area contributed by atoms with Crippen LogP contribution in [0, 0.1) is 5.82 Å². The first kappa shape index (κ1) is 13.6. The molecule has 0 aliphatic heterocycles. The van der Waals surface area contributed by atoms with Crippen molar-refractivity contribution < 1.29 is 9.13 Å². The Bertz CT molecular complexity index is 369. The summed E-state index contributed by atoms with van der Waals surface area (Å²) in [7, 11) is 1.52. The van der Waals surface area contributed by atoms with Crippen LogP contribution in [0.25, 0.3) is 0 Å². The fraction of sp³-hybridized carbons (Fsp3) is 0.538. The lowest BCUT2D eigenvalue weighted by atomic mass is 10.1. The number of nitrogens with one attached hydrogen (secondary N) is 1. The Morgan fingerprint density at radius 3 is 2.65 bits per heavy atom. The topological polar surface area (TPSA) is 47.3 Å². The van der Waals surface area contributed by atoms with Crippen molar-refractivity contribution in [3.05, 3.63) is 17.9 Å². The van der Waals surface area contributed by atoms with E-state index in [0.717, 1.165) is 19.3 Å². The smallest absolute Gasteiger partial charge is 0.148 e. The van der Waals surface area contributed by atoms with Crippen LogP contribution in [0.15, 0.2) is 12.1 Å². The molecule has 17 heavy (non-hydrogen) atoms. The van der Waals surface area contributed by atoms with Gasteiger partial charge in [0.1, 0.15) is 11.6 Å². The third-order valence-electron chi connectivity index (χ3n) is 2.81. The molecular formula is C13H21FN2O. The predicted octanol–water partition coefficient (Wildman–Crippen LogP) is 3.41. The number of ether oxygens (including phenoxy) is 1. The highest BCUT2D eigenvalue weighted by atomic mass is 19.1. The number of halogens is 1. The van der Waals surface area contributed by atoms with Crippen molar-refractivity contribution in [2.45, 2.75) is 39.2 Å². The van der Waals surface area contributed by atoms with Gasteiger partial charge in [0.25, 0.3) is 0 Å². The minimum absolute atomic E-state index is 0.280. The molecule has 0 fully saturated rings. The van der Waals surface area contributed by atoms with Crippen molar-refractivity contribution in [3.8, 4) is 5.75 Å². The SMILES string of the molecule is CCCC(CC)Nc1cc(OC)c(N)cc1F. The summed E-state index contributed by atoms with van der Waals surface area (Å²) in [5, 5.41) is 3.19. The fourth-order valence-corrected chi connectivity index (χ4v) is 1.80. The van der Waals surface area contributed by atoms with Crippen LogP contribution >= 0.6 is 0 Å². The van der Waals surface area contributed by atoms with Crippen molar-refractivity contribution in [2.24, 2.45) is 0 Å². The molecule has 3 nitrogen and oxygen atoms in total. The van der Waals surface area contributed by atoms with E-state index in [-0.39, 0.29) is 11.9 Å². The van der Waals surface area contributed by atoms with Crippen LogP contribution in [0.1, 0.15) is 33.1 Å². The van der Waals surface area contributed by atoms with E-state index in [1.807, 2.05) is 0 Å². The van der Waals surface area contributed by atoms with E-state index < -0.39 is 0 Å². The fourth-order valence-electron chi connectivity index (χ4n) is 1.80. The zero-order valence-corrected chi connectivity index (χ0v) is 10.7. The van der Waals surface area contributed by atoms with Crippen LogP contribution in [0.4, 0.5) is 15.8 Å². The first-order valence-electron chi connectivity index (χ1n) is 6.01.